The molecule has 0 spiro atoms. The maximum atomic E-state index is 12.5. The molecule has 0 saturated heterocycles. The van der Waals surface area contributed by atoms with Crippen molar-refractivity contribution in [2.75, 3.05) is 11.1 Å². The topological polar surface area (TPSA) is 208 Å². The van der Waals surface area contributed by atoms with Gasteiger partial charge in [-0.1, -0.05) is 43.9 Å². The summed E-state index contributed by atoms with van der Waals surface area (Å²) in [5, 5.41) is 15.9. The summed E-state index contributed by atoms with van der Waals surface area (Å²) in [5.74, 6) is -1.91. The Kier molecular flexibility index (Phi) is 9.38. The van der Waals surface area contributed by atoms with Crippen molar-refractivity contribution in [2.24, 2.45) is 11.5 Å². The molecule has 0 aliphatic heterocycles. The number of rotatable bonds is 8. The van der Waals surface area contributed by atoms with Gasteiger partial charge in [0.15, 0.2) is 11.4 Å². The van der Waals surface area contributed by atoms with Gasteiger partial charge in [0, 0.05) is 17.4 Å². The zero-order chi connectivity index (χ0) is 30.4. The number of halogens is 3. The lowest BCUT2D eigenvalue weighted by Crippen LogP contribution is -2.22. The van der Waals surface area contributed by atoms with Crippen LogP contribution in [0.5, 0.6) is 5.75 Å². The Morgan fingerprint density at radius 1 is 0.881 bits per heavy atom. The number of nitrogen functional groups attached to an aromatic ring is 1. The molecule has 3 aromatic rings. The fourth-order valence-electron chi connectivity index (χ4n) is 5.48. The smallest absolute Gasteiger partial charge is 0.405 e. The van der Waals surface area contributed by atoms with E-state index in [1.807, 2.05) is 0 Å². The van der Waals surface area contributed by atoms with Gasteiger partial charge in [0.25, 0.3) is 11.8 Å². The van der Waals surface area contributed by atoms with Crippen LogP contribution in [-0.4, -0.2) is 44.5 Å². The molecule has 2 aromatic heterocycles. The lowest BCUT2D eigenvalue weighted by Gasteiger charge is -2.14. The highest BCUT2D eigenvalue weighted by molar-refractivity contribution is 6.03. The zero-order valence-corrected chi connectivity index (χ0v) is 22.7. The van der Waals surface area contributed by atoms with Crippen LogP contribution in [-0.2, 0) is 11.2 Å². The van der Waals surface area contributed by atoms with E-state index >= 15 is 0 Å². The van der Waals surface area contributed by atoms with Crippen LogP contribution in [0.15, 0.2) is 24.3 Å². The van der Waals surface area contributed by atoms with Gasteiger partial charge >= 0.3 is 6.36 Å². The number of aromatic nitrogens is 4. The number of aromatic amines is 2. The summed E-state index contributed by atoms with van der Waals surface area (Å²) in [7, 11) is 0. The average Bonchev–Trinajstić information content (AvgIpc) is 3.71. The number of nitrogens with zero attached hydrogens (tertiary/aromatic N) is 2. The van der Waals surface area contributed by atoms with Gasteiger partial charge in [0.1, 0.15) is 5.75 Å². The van der Waals surface area contributed by atoms with Crippen molar-refractivity contribution in [3.63, 3.8) is 0 Å². The normalized spacial score (nSPS) is 15.7. The van der Waals surface area contributed by atoms with Gasteiger partial charge in [0.2, 0.25) is 5.91 Å². The van der Waals surface area contributed by atoms with E-state index in [1.54, 1.807) is 0 Å². The standard InChI is InChI=1S/C18H19F3N4O3.C9H14N4O/c19-18(20,21)28-12-8-4-3-7-11(12)9-13(26)23-15-14(10-5-1-2-6-10)24-25-16(15)17(22)27;10-6-7(5-3-1-2-4-5)12-13-8(6)9(11)14/h3-4,7-8,10H,1-2,5-6,9H2,(H2,22,27)(H,23,26)(H,24,25);5H,1-4,10H2,(H2,11,14)(H,12,13). The van der Waals surface area contributed by atoms with Gasteiger partial charge in [-0.05, 0) is 31.7 Å². The van der Waals surface area contributed by atoms with Gasteiger partial charge in [0.05, 0.1) is 29.2 Å². The fourth-order valence-corrected chi connectivity index (χ4v) is 5.48. The van der Waals surface area contributed by atoms with Crippen molar-refractivity contribution in [1.29, 1.82) is 0 Å². The number of nitrogens with two attached hydrogens (primary N) is 3. The molecule has 12 nitrogen and oxygen atoms in total. The van der Waals surface area contributed by atoms with Crippen molar-refractivity contribution in [2.45, 2.75) is 76.0 Å². The molecule has 15 heteroatoms. The van der Waals surface area contributed by atoms with E-state index in [-0.39, 0.29) is 35.0 Å². The Bertz CT molecular complexity index is 1420. The number of alkyl halides is 3. The third kappa shape index (κ3) is 7.39. The summed E-state index contributed by atoms with van der Waals surface area (Å²) in [6.07, 6.45) is 3.22. The first-order chi connectivity index (χ1) is 19.9. The Hall–Kier alpha value is -4.56. The molecule has 0 radical (unpaired) electrons. The SMILES string of the molecule is NC(=O)c1n[nH]c(C2CCCC2)c1N.NC(=O)c1n[nH]c(C2CCCC2)c1NC(=O)Cc1ccccc1OC(F)(F)F. The Balaban J connectivity index is 0.000000241. The largest absolute Gasteiger partial charge is 0.573 e. The van der Waals surface area contributed by atoms with Crippen molar-refractivity contribution in [3.8, 4) is 5.75 Å². The molecule has 3 amide bonds. The first-order valence-electron chi connectivity index (χ1n) is 13.6. The monoisotopic (exact) mass is 590 g/mol. The Morgan fingerprint density at radius 2 is 1.40 bits per heavy atom. The molecule has 2 aliphatic carbocycles. The van der Waals surface area contributed by atoms with Crippen LogP contribution in [0.3, 0.4) is 0 Å². The number of H-pyrrole nitrogens is 2. The van der Waals surface area contributed by atoms with E-state index in [0.717, 1.165) is 50.3 Å². The first-order valence-corrected chi connectivity index (χ1v) is 13.6. The van der Waals surface area contributed by atoms with E-state index in [4.69, 9.17) is 17.2 Å². The summed E-state index contributed by atoms with van der Waals surface area (Å²) in [4.78, 5) is 35.1. The van der Waals surface area contributed by atoms with Crippen LogP contribution in [0.25, 0.3) is 0 Å². The zero-order valence-electron chi connectivity index (χ0n) is 22.7. The van der Waals surface area contributed by atoms with Gasteiger partial charge in [-0.2, -0.15) is 10.2 Å². The third-order valence-corrected chi connectivity index (χ3v) is 7.44. The number of primary amides is 2. The molecule has 42 heavy (non-hydrogen) atoms. The van der Waals surface area contributed by atoms with E-state index in [0.29, 0.717) is 17.3 Å². The number of nitrogens with one attached hydrogen (secondary N) is 3. The minimum atomic E-state index is -4.87. The van der Waals surface area contributed by atoms with Gasteiger partial charge in [-0.15, -0.1) is 13.2 Å². The number of ether oxygens (including phenoxy) is 1. The lowest BCUT2D eigenvalue weighted by molar-refractivity contribution is -0.274. The maximum Gasteiger partial charge on any atom is 0.573 e. The maximum absolute atomic E-state index is 12.5. The first kappa shape index (κ1) is 30.4. The number of carbonyl (C=O) groups is 3. The predicted octanol–water partition coefficient (Wildman–Crippen LogP) is 3.99. The third-order valence-electron chi connectivity index (χ3n) is 7.44. The second-order valence-electron chi connectivity index (χ2n) is 10.3. The van der Waals surface area contributed by atoms with Crippen molar-refractivity contribution < 1.29 is 32.3 Å². The molecule has 2 heterocycles. The number of carbonyl (C=O) groups excluding carboxylic acids is 3. The number of amides is 3. The Morgan fingerprint density at radius 3 is 1.95 bits per heavy atom. The highest BCUT2D eigenvalue weighted by Crippen LogP contribution is 2.38. The van der Waals surface area contributed by atoms with Crippen LogP contribution in [0.2, 0.25) is 0 Å². The van der Waals surface area contributed by atoms with Gasteiger partial charge < -0.3 is 27.3 Å². The summed E-state index contributed by atoms with van der Waals surface area (Å²) >= 11 is 0. The highest BCUT2D eigenvalue weighted by Gasteiger charge is 2.32. The second kappa shape index (κ2) is 13.0. The molecule has 2 aliphatic rings. The molecule has 1 aromatic carbocycles. The lowest BCUT2D eigenvalue weighted by atomic mass is 10.0. The molecule has 9 N–H and O–H groups in total. The van der Waals surface area contributed by atoms with Crippen molar-refractivity contribution in [1.82, 2.24) is 20.4 Å². The van der Waals surface area contributed by atoms with E-state index in [1.165, 1.54) is 31.0 Å². The summed E-state index contributed by atoms with van der Waals surface area (Å²) < 4.78 is 41.6. The molecule has 2 saturated carbocycles. The summed E-state index contributed by atoms with van der Waals surface area (Å²) in [5.41, 5.74) is 18.5. The van der Waals surface area contributed by atoms with Crippen LogP contribution in [0.1, 0.15) is 101 Å². The van der Waals surface area contributed by atoms with Crippen LogP contribution in [0, 0.1) is 0 Å². The number of hydrogen-bond acceptors (Lipinski definition) is 7. The average molecular weight is 591 g/mol. The quantitative estimate of drug-likeness (QED) is 0.227. The molecular formula is C27H33F3N8O4. The Labute approximate surface area is 238 Å². The van der Waals surface area contributed by atoms with Crippen LogP contribution < -0.4 is 27.3 Å². The van der Waals surface area contributed by atoms with E-state index < -0.39 is 29.8 Å². The molecule has 5 rings (SSSR count). The van der Waals surface area contributed by atoms with Crippen LogP contribution >= 0.6 is 0 Å². The molecule has 0 atom stereocenters. The van der Waals surface area contributed by atoms with Crippen molar-refractivity contribution in [3.05, 3.63) is 52.6 Å². The van der Waals surface area contributed by atoms with Crippen molar-refractivity contribution >= 4 is 29.1 Å². The summed E-state index contributed by atoms with van der Waals surface area (Å²) in [6.45, 7) is 0. The number of para-hydroxylation sites is 1. The second-order valence-corrected chi connectivity index (χ2v) is 10.3. The number of hydrogen-bond donors (Lipinski definition) is 6. The van der Waals surface area contributed by atoms with Gasteiger partial charge in [-0.25, -0.2) is 0 Å². The molecule has 0 bridgehead atoms. The van der Waals surface area contributed by atoms with E-state index in [9.17, 15) is 27.6 Å². The van der Waals surface area contributed by atoms with Crippen LogP contribution in [0.4, 0.5) is 24.5 Å². The fraction of sp³-hybridized carbons (Fsp3) is 0.444. The number of benzene rings is 1. The predicted molar refractivity (Wildman–Crippen MR) is 147 cm³/mol. The summed E-state index contributed by atoms with van der Waals surface area (Å²) in [6, 6.07) is 5.38. The van der Waals surface area contributed by atoms with E-state index in [2.05, 4.69) is 30.4 Å². The molecule has 226 valence electrons. The molecular weight excluding hydrogens is 557 g/mol. The molecule has 0 unspecified atom stereocenters. The minimum absolute atomic E-state index is 0.0591. The molecule has 2 fully saturated rings. The number of anilines is 2. The van der Waals surface area contributed by atoms with Gasteiger partial charge in [-0.3, -0.25) is 24.6 Å². The minimum Gasteiger partial charge on any atom is -0.405 e. The highest BCUT2D eigenvalue weighted by atomic mass is 19.4.